The monoisotopic (exact) mass is 1550 g/mol. The first-order valence-corrected chi connectivity index (χ1v) is 39.5. The van der Waals surface area contributed by atoms with Gasteiger partial charge in [0, 0.05) is 69.0 Å². The van der Waals surface area contributed by atoms with E-state index in [1.165, 1.54) is 80.9 Å². The van der Waals surface area contributed by atoms with Gasteiger partial charge in [0.05, 0.1) is 78.7 Å². The number of ketones is 9. The van der Waals surface area contributed by atoms with Crippen LogP contribution in [0.1, 0.15) is 196 Å². The maximum Gasteiger partial charge on any atom is 0.143 e. The van der Waals surface area contributed by atoms with Crippen LogP contribution in [0, 0.1) is 24.2 Å². The molecule has 23 heteroatoms. The molecule has 3 aromatic rings. The summed E-state index contributed by atoms with van der Waals surface area (Å²) in [5.41, 5.74) is 11.7. The lowest BCUT2D eigenvalue weighted by atomic mass is 9.84. The van der Waals surface area contributed by atoms with Crippen molar-refractivity contribution in [2.45, 2.75) is 204 Å². The second-order valence-corrected chi connectivity index (χ2v) is 30.5. The van der Waals surface area contributed by atoms with Gasteiger partial charge in [-0.1, -0.05) is 141 Å². The number of carbonyl (C=O) groups is 9. The third-order valence-corrected chi connectivity index (χ3v) is 18.6. The molecule has 5 rings (SSSR count). The Balaban J connectivity index is -0.000000582. The first-order chi connectivity index (χ1) is 52.2. The molecule has 0 saturated heterocycles. The fourth-order valence-electron chi connectivity index (χ4n) is 12.3. The average molecular weight is 1550 g/mol. The van der Waals surface area contributed by atoms with E-state index in [2.05, 4.69) is 114 Å². The second-order valence-electron chi connectivity index (χ2n) is 30.5. The molecule has 2 unspecified atom stereocenters. The third-order valence-electron chi connectivity index (χ3n) is 18.6. The highest BCUT2D eigenvalue weighted by Gasteiger charge is 2.25. The molecule has 2 fully saturated rings. The molecule has 0 aromatic heterocycles. The Hall–Kier alpha value is -6.88. The Morgan fingerprint density at radius 1 is 0.432 bits per heavy atom. The average Bonchev–Trinajstić information content (AvgIpc) is 0.902. The number of benzene rings is 3. The summed E-state index contributed by atoms with van der Waals surface area (Å²) in [5.74, 6) is 5.92. The minimum Gasteiger partial charge on any atom is -0.383 e. The molecule has 0 N–H and O–H groups in total. The Labute approximate surface area is 673 Å². The van der Waals surface area contributed by atoms with Gasteiger partial charge in [-0.3, -0.25) is 87.3 Å². The van der Waals surface area contributed by atoms with Crippen LogP contribution in [-0.4, -0.2) is 290 Å². The van der Waals surface area contributed by atoms with Crippen molar-refractivity contribution in [3.05, 3.63) is 118 Å². The zero-order valence-corrected chi connectivity index (χ0v) is 73.7. The van der Waals surface area contributed by atoms with Gasteiger partial charge in [-0.15, -0.1) is 6.42 Å². The van der Waals surface area contributed by atoms with Crippen molar-refractivity contribution in [2.24, 2.45) is 17.0 Å². The van der Waals surface area contributed by atoms with Crippen molar-refractivity contribution in [3.8, 4) is 12.3 Å². The van der Waals surface area contributed by atoms with Crippen LogP contribution < -0.4 is 0 Å². The number of hydrogen-bond acceptors (Lipinski definition) is 21. The number of likely N-dealkylation sites (N-methyl/N-ethyl adjacent to an activating group) is 9. The summed E-state index contributed by atoms with van der Waals surface area (Å²) in [6, 6.07) is 32.6. The summed E-state index contributed by atoms with van der Waals surface area (Å²) in [6.45, 7) is 34.8. The number of rotatable bonds is 39. The molecule has 0 spiro atoms. The van der Waals surface area contributed by atoms with Crippen LogP contribution in [0.3, 0.4) is 0 Å². The second kappa shape index (κ2) is 69.8. The van der Waals surface area contributed by atoms with Crippen LogP contribution in [0.5, 0.6) is 0 Å². The van der Waals surface area contributed by atoms with Gasteiger partial charge in [0.1, 0.15) is 52.0 Å². The molecule has 111 heavy (non-hydrogen) atoms. The Morgan fingerprint density at radius 2 is 0.748 bits per heavy atom. The van der Waals surface area contributed by atoms with Crippen molar-refractivity contribution in [1.82, 2.24) is 44.1 Å². The highest BCUT2D eigenvalue weighted by atomic mass is 16.5. The Kier molecular flexibility index (Phi) is 69.5. The number of Topliss-reactive ketones (excluding diaryl/α,β-unsaturated/α-hetero) is 9. The number of methoxy groups -OCH3 is 2. The lowest BCUT2D eigenvalue weighted by Gasteiger charge is -2.33. The maximum atomic E-state index is 11.0. The molecule has 0 aliphatic heterocycles. The summed E-state index contributed by atoms with van der Waals surface area (Å²) in [7, 11) is 20.9. The minimum atomic E-state index is 0.146. The largest absolute Gasteiger partial charge is 0.383 e. The first-order valence-electron chi connectivity index (χ1n) is 39.5. The molecule has 2 saturated carbocycles. The minimum absolute atomic E-state index is 0.146. The van der Waals surface area contributed by atoms with E-state index >= 15 is 0 Å². The van der Waals surface area contributed by atoms with Crippen LogP contribution in [0.4, 0.5) is 0 Å². The number of carbonyl (C=O) groups excluding carboxylic acids is 9. The van der Waals surface area contributed by atoms with Crippen LogP contribution in [0.2, 0.25) is 0 Å². The van der Waals surface area contributed by atoms with Crippen molar-refractivity contribution < 1.29 is 52.6 Å². The smallest absolute Gasteiger partial charge is 0.143 e. The lowest BCUT2D eigenvalue weighted by Crippen LogP contribution is -2.39. The molecule has 0 bridgehead atoms. The predicted octanol–water partition coefficient (Wildman–Crippen LogP) is 13.2. The van der Waals surface area contributed by atoms with E-state index in [1.54, 1.807) is 81.4 Å². The third kappa shape index (κ3) is 67.4. The number of azide groups is 1. The Morgan fingerprint density at radius 3 is 1.07 bits per heavy atom. The highest BCUT2D eigenvalue weighted by molar-refractivity contribution is 5.80. The van der Waals surface area contributed by atoms with Crippen LogP contribution in [-0.2, 0) is 59.2 Å². The molecular formula is C88H152N12O11. The van der Waals surface area contributed by atoms with E-state index in [0.717, 1.165) is 37.9 Å². The van der Waals surface area contributed by atoms with Crippen molar-refractivity contribution in [1.29, 1.82) is 0 Å². The molecule has 5 atom stereocenters. The van der Waals surface area contributed by atoms with Crippen LogP contribution >= 0.6 is 0 Å². The molecule has 0 heterocycles. The molecule has 3 aromatic carbocycles. The topological polar surface area (TPSA) is 250 Å². The zero-order chi connectivity index (χ0) is 85.4. The van der Waals surface area contributed by atoms with Gasteiger partial charge >= 0.3 is 0 Å². The van der Waals surface area contributed by atoms with E-state index in [0.29, 0.717) is 115 Å². The SMILES string of the molecule is C#CCN(C)CC(C)=O.CC(=O)CN(C)C(C)C1CCCCC1.CC(=O)CN(C)C(C)c1ccccc1.CC(=O)CN(C)CCCN=[N+]=[N-].CC(=O)CN(C)Cc1ccccc1.CC(=O)CN(C)[C@@H](C)C1CCCCC1.CC(=O)CN(C)[C@H](C)c1ccccc1.COCCN(C)CC(C)=O.COC[C@H](C)N(C)CC(C)=O. The summed E-state index contributed by atoms with van der Waals surface area (Å²) in [6.07, 6.45) is 19.5. The summed E-state index contributed by atoms with van der Waals surface area (Å²) in [5, 5.41) is 3.39. The van der Waals surface area contributed by atoms with Crippen molar-refractivity contribution >= 4 is 52.0 Å². The molecule has 0 radical (unpaired) electrons. The number of hydrogen-bond donors (Lipinski definition) is 0. The van der Waals surface area contributed by atoms with E-state index in [4.69, 9.17) is 21.4 Å². The summed E-state index contributed by atoms with van der Waals surface area (Å²) >= 11 is 0. The van der Waals surface area contributed by atoms with E-state index in [1.807, 2.05) is 130 Å². The molecule has 23 nitrogen and oxygen atoms in total. The van der Waals surface area contributed by atoms with Crippen LogP contribution in [0.15, 0.2) is 96.1 Å². The maximum absolute atomic E-state index is 11.0. The van der Waals surface area contributed by atoms with E-state index in [-0.39, 0.29) is 52.0 Å². The highest BCUT2D eigenvalue weighted by Crippen LogP contribution is 2.29. The molecule has 0 amide bonds. The van der Waals surface area contributed by atoms with Crippen LogP contribution in [0.25, 0.3) is 10.4 Å². The van der Waals surface area contributed by atoms with Gasteiger partial charge in [0.25, 0.3) is 0 Å². The fraction of sp³-hybridized carbons (Fsp3) is 0.670. The number of terminal acetylenes is 1. The zero-order valence-electron chi connectivity index (χ0n) is 73.7. The van der Waals surface area contributed by atoms with Gasteiger partial charge in [-0.2, -0.15) is 0 Å². The molecule has 2 aliphatic carbocycles. The number of ether oxygens (including phenoxy) is 2. The van der Waals surface area contributed by atoms with Crippen molar-refractivity contribution in [2.75, 3.05) is 176 Å². The van der Waals surface area contributed by atoms with E-state index < -0.39 is 0 Å². The molecular weight excluding hydrogens is 1400 g/mol. The normalized spacial score (nSPS) is 13.8. The number of nitrogens with zero attached hydrogens (tertiary/aromatic N) is 12. The lowest BCUT2D eigenvalue weighted by molar-refractivity contribution is -0.119. The predicted molar refractivity (Wildman–Crippen MR) is 457 cm³/mol. The summed E-state index contributed by atoms with van der Waals surface area (Å²) in [4.78, 5) is 118. The van der Waals surface area contributed by atoms with Gasteiger partial charge in [-0.25, -0.2) is 0 Å². The van der Waals surface area contributed by atoms with Gasteiger partial charge in [0.15, 0.2) is 0 Å². The van der Waals surface area contributed by atoms with Gasteiger partial charge in [-0.05, 0) is 233 Å². The quantitative estimate of drug-likeness (QED) is 0.0169. The summed E-state index contributed by atoms with van der Waals surface area (Å²) < 4.78 is 9.79. The Bertz CT molecular complexity index is 2930. The standard InChI is InChI=1S/2C12H23NO.2C12H17NO.C11H15NO.C8H17NO2.C7H14N4O.C7H15NO2.C7H11NO/c4*1-10(14)9-13(3)11(2)12-7-5-4-6-8-12;1-10(13)8-12(2)9-11-6-4-3-5-7-11;1-7(6-11-4)9(3)5-8(2)10;1-7(12)6-11(2)5-3-4-9-10-8;1-7(9)6-8(2)4-5-10-3;1-4-5-8(3)6-7(2)9/h2*11-12H,4-9H2,1-3H3;2*4-8,11H,9H2,1-3H3;3-7H,8-9H2,1-2H3;7H,5-6H2,1-4H3;3-6H2,1-2H3;4-6H2,1-3H3;1H,5-6H2,2-3H3/t11-;;11-;;;7-;;;/m0.1..0.../s1. The first kappa shape index (κ1) is 110. The van der Waals surface area contributed by atoms with Crippen molar-refractivity contribution in [3.63, 3.8) is 0 Å². The molecule has 2 aliphatic rings. The molecule has 630 valence electrons. The van der Waals surface area contributed by atoms with Gasteiger partial charge < -0.3 is 9.47 Å². The van der Waals surface area contributed by atoms with Gasteiger partial charge in [0.2, 0.25) is 0 Å². The fourth-order valence-corrected chi connectivity index (χ4v) is 12.3. The van der Waals surface area contributed by atoms with E-state index in [9.17, 15) is 43.2 Å².